The summed E-state index contributed by atoms with van der Waals surface area (Å²) in [5, 5.41) is 0. The fourth-order valence-corrected chi connectivity index (χ4v) is 2.46. The number of anilines is 1. The molecule has 0 bridgehead atoms. The Morgan fingerprint density at radius 3 is 2.62 bits per heavy atom. The summed E-state index contributed by atoms with van der Waals surface area (Å²) in [5.41, 5.74) is 0.164. The van der Waals surface area contributed by atoms with E-state index in [9.17, 15) is 18.4 Å². The van der Waals surface area contributed by atoms with Gasteiger partial charge in [0.2, 0.25) is 0 Å². The van der Waals surface area contributed by atoms with Crippen LogP contribution in [-0.4, -0.2) is 15.5 Å². The molecule has 26 heavy (non-hydrogen) atoms. The predicted molar refractivity (Wildman–Crippen MR) is 92.8 cm³/mol. The number of nitrogens with zero attached hydrogens (tertiary/aromatic N) is 3. The standard InChI is InChI=1S/C19H15F2N3O2/c1-23-9-7-13(10-18(23)25)19(26)24(12-15-4-2-3-8-22-15)17-6-5-14(20)11-16(17)21/h2-11H,12H2,1H3. The molecule has 0 saturated carbocycles. The van der Waals surface area contributed by atoms with Crippen molar-refractivity contribution in [3.63, 3.8) is 0 Å². The molecule has 0 aliphatic rings. The van der Waals surface area contributed by atoms with E-state index in [1.807, 2.05) is 0 Å². The Bertz CT molecular complexity index is 1000. The summed E-state index contributed by atoms with van der Waals surface area (Å²) in [7, 11) is 1.56. The van der Waals surface area contributed by atoms with E-state index in [1.165, 1.54) is 29.0 Å². The molecule has 0 spiro atoms. The van der Waals surface area contributed by atoms with E-state index in [0.717, 1.165) is 11.0 Å². The average Bonchev–Trinajstić information content (AvgIpc) is 2.63. The minimum atomic E-state index is -0.877. The lowest BCUT2D eigenvalue weighted by atomic mass is 10.2. The molecule has 0 saturated heterocycles. The van der Waals surface area contributed by atoms with Crippen LogP contribution in [0, 0.1) is 11.6 Å². The molecule has 0 unspecified atom stereocenters. The van der Waals surface area contributed by atoms with Gasteiger partial charge >= 0.3 is 0 Å². The van der Waals surface area contributed by atoms with Crippen molar-refractivity contribution in [1.29, 1.82) is 0 Å². The fraction of sp³-hybridized carbons (Fsp3) is 0.105. The number of hydrogen-bond acceptors (Lipinski definition) is 3. The van der Waals surface area contributed by atoms with E-state index in [1.54, 1.807) is 31.4 Å². The van der Waals surface area contributed by atoms with Gasteiger partial charge in [0.15, 0.2) is 0 Å². The Labute approximate surface area is 148 Å². The first-order valence-electron chi connectivity index (χ1n) is 7.79. The van der Waals surface area contributed by atoms with Crippen molar-refractivity contribution >= 4 is 11.6 Å². The highest BCUT2D eigenvalue weighted by molar-refractivity contribution is 6.05. The van der Waals surface area contributed by atoms with Gasteiger partial charge in [-0.25, -0.2) is 8.78 Å². The van der Waals surface area contributed by atoms with Crippen molar-refractivity contribution in [2.75, 3.05) is 4.90 Å². The summed E-state index contributed by atoms with van der Waals surface area (Å²) < 4.78 is 28.9. The molecular formula is C19H15F2N3O2. The first-order valence-corrected chi connectivity index (χ1v) is 7.79. The van der Waals surface area contributed by atoms with Gasteiger partial charge in [0.1, 0.15) is 11.6 Å². The minimum Gasteiger partial charge on any atom is -0.319 e. The van der Waals surface area contributed by atoms with E-state index >= 15 is 0 Å². The Morgan fingerprint density at radius 2 is 1.96 bits per heavy atom. The first kappa shape index (κ1) is 17.5. The monoisotopic (exact) mass is 355 g/mol. The molecule has 7 heteroatoms. The highest BCUT2D eigenvalue weighted by Crippen LogP contribution is 2.23. The molecule has 1 amide bonds. The van der Waals surface area contributed by atoms with Crippen molar-refractivity contribution < 1.29 is 13.6 Å². The topological polar surface area (TPSA) is 55.2 Å². The maximum Gasteiger partial charge on any atom is 0.258 e. The summed E-state index contributed by atoms with van der Waals surface area (Å²) in [6.07, 6.45) is 3.01. The average molecular weight is 355 g/mol. The van der Waals surface area contributed by atoms with E-state index in [4.69, 9.17) is 0 Å². The van der Waals surface area contributed by atoms with Gasteiger partial charge in [-0.2, -0.15) is 0 Å². The van der Waals surface area contributed by atoms with Crippen molar-refractivity contribution in [2.24, 2.45) is 7.05 Å². The van der Waals surface area contributed by atoms with Crippen molar-refractivity contribution in [3.8, 4) is 0 Å². The van der Waals surface area contributed by atoms with E-state index in [2.05, 4.69) is 4.98 Å². The molecule has 3 aromatic rings. The van der Waals surface area contributed by atoms with Crippen molar-refractivity contribution in [3.05, 3.63) is 94.2 Å². The molecule has 0 N–H and O–H groups in total. The van der Waals surface area contributed by atoms with Gasteiger partial charge in [-0.05, 0) is 30.3 Å². The Kier molecular flexibility index (Phi) is 4.88. The number of carbonyl (C=O) groups is 1. The number of aromatic nitrogens is 2. The van der Waals surface area contributed by atoms with Crippen LogP contribution >= 0.6 is 0 Å². The highest BCUT2D eigenvalue weighted by Gasteiger charge is 2.22. The van der Waals surface area contributed by atoms with E-state index in [-0.39, 0.29) is 23.4 Å². The first-order chi connectivity index (χ1) is 12.5. The summed E-state index contributed by atoms with van der Waals surface area (Å²) in [4.78, 5) is 30.0. The maximum absolute atomic E-state index is 14.3. The van der Waals surface area contributed by atoms with Gasteiger partial charge in [-0.15, -0.1) is 0 Å². The Balaban J connectivity index is 2.05. The number of carbonyl (C=O) groups excluding carboxylic acids is 1. The van der Waals surface area contributed by atoms with Gasteiger partial charge in [0.25, 0.3) is 11.5 Å². The number of rotatable bonds is 4. The molecule has 3 rings (SSSR count). The lowest BCUT2D eigenvalue weighted by Crippen LogP contribution is -2.32. The minimum absolute atomic E-state index is 0.0303. The molecule has 0 aliphatic carbocycles. The molecule has 0 radical (unpaired) electrons. The fourth-order valence-electron chi connectivity index (χ4n) is 2.46. The second-order valence-electron chi connectivity index (χ2n) is 5.67. The lowest BCUT2D eigenvalue weighted by Gasteiger charge is -2.23. The molecule has 132 valence electrons. The summed E-state index contributed by atoms with van der Waals surface area (Å²) in [5.74, 6) is -2.21. The summed E-state index contributed by atoms with van der Waals surface area (Å²) in [6.45, 7) is -0.0303. The number of aryl methyl sites for hydroxylation is 1. The van der Waals surface area contributed by atoms with Crippen LogP contribution in [0.5, 0.6) is 0 Å². The largest absolute Gasteiger partial charge is 0.319 e. The Hall–Kier alpha value is -3.35. The van der Waals surface area contributed by atoms with Crippen molar-refractivity contribution in [1.82, 2.24) is 9.55 Å². The third-order valence-corrected chi connectivity index (χ3v) is 3.84. The number of benzene rings is 1. The third-order valence-electron chi connectivity index (χ3n) is 3.84. The molecule has 0 atom stereocenters. The second kappa shape index (κ2) is 7.26. The van der Waals surface area contributed by atoms with Gasteiger partial charge in [0, 0.05) is 37.1 Å². The van der Waals surface area contributed by atoms with Crippen LogP contribution in [0.1, 0.15) is 16.1 Å². The number of halogens is 2. The molecular weight excluding hydrogens is 340 g/mol. The van der Waals surface area contributed by atoms with Crippen LogP contribution in [0.15, 0.2) is 65.7 Å². The van der Waals surface area contributed by atoms with Crippen LogP contribution < -0.4 is 10.5 Å². The molecule has 2 heterocycles. The van der Waals surface area contributed by atoms with Gasteiger partial charge in [0.05, 0.1) is 17.9 Å². The Morgan fingerprint density at radius 1 is 1.15 bits per heavy atom. The summed E-state index contributed by atoms with van der Waals surface area (Å²) >= 11 is 0. The van der Waals surface area contributed by atoms with Gasteiger partial charge in [-0.1, -0.05) is 6.07 Å². The maximum atomic E-state index is 14.3. The SMILES string of the molecule is Cn1ccc(C(=O)N(Cc2ccccn2)c2ccc(F)cc2F)cc1=O. The summed E-state index contributed by atoms with van der Waals surface area (Å²) in [6, 6.07) is 10.8. The second-order valence-corrected chi connectivity index (χ2v) is 5.67. The van der Waals surface area contributed by atoms with E-state index < -0.39 is 17.5 Å². The van der Waals surface area contributed by atoms with Crippen LogP contribution in [-0.2, 0) is 13.6 Å². The molecule has 2 aromatic heterocycles. The normalized spacial score (nSPS) is 10.6. The van der Waals surface area contributed by atoms with Crippen molar-refractivity contribution in [2.45, 2.75) is 6.54 Å². The zero-order chi connectivity index (χ0) is 18.7. The smallest absolute Gasteiger partial charge is 0.258 e. The molecule has 1 aromatic carbocycles. The van der Waals surface area contributed by atoms with E-state index in [0.29, 0.717) is 11.8 Å². The number of pyridine rings is 2. The highest BCUT2D eigenvalue weighted by atomic mass is 19.1. The number of hydrogen-bond donors (Lipinski definition) is 0. The molecule has 0 fully saturated rings. The molecule has 0 aliphatic heterocycles. The van der Waals surface area contributed by atoms with Crippen LogP contribution in [0.25, 0.3) is 0 Å². The van der Waals surface area contributed by atoms with Crippen LogP contribution in [0.2, 0.25) is 0 Å². The predicted octanol–water partition coefficient (Wildman–Crippen LogP) is 2.91. The quantitative estimate of drug-likeness (QED) is 0.723. The third kappa shape index (κ3) is 3.66. The van der Waals surface area contributed by atoms with Crippen LogP contribution in [0.3, 0.4) is 0 Å². The van der Waals surface area contributed by atoms with Gasteiger partial charge < -0.3 is 4.57 Å². The zero-order valence-electron chi connectivity index (χ0n) is 13.9. The molecule has 5 nitrogen and oxygen atoms in total. The van der Waals surface area contributed by atoms with Crippen LogP contribution in [0.4, 0.5) is 14.5 Å². The number of amides is 1. The van der Waals surface area contributed by atoms with Gasteiger partial charge in [-0.3, -0.25) is 19.5 Å². The lowest BCUT2D eigenvalue weighted by molar-refractivity contribution is 0.0983. The zero-order valence-corrected chi connectivity index (χ0v) is 13.9.